The number of carbonyl (C=O) groups excluding carboxylic acids is 1. The molecule has 0 saturated heterocycles. The molecule has 1 aromatic heterocycles. The minimum Gasteiger partial charge on any atom is -0.503 e. The number of hydrogen-bond acceptors (Lipinski definition) is 5. The highest BCUT2D eigenvalue weighted by Crippen LogP contribution is 2.30. The fourth-order valence-corrected chi connectivity index (χ4v) is 3.78. The van der Waals surface area contributed by atoms with Gasteiger partial charge in [-0.1, -0.05) is 12.1 Å². The summed E-state index contributed by atoms with van der Waals surface area (Å²) in [6.45, 7) is 5.40. The van der Waals surface area contributed by atoms with Gasteiger partial charge in [0.05, 0.1) is 11.5 Å². The van der Waals surface area contributed by atoms with Crippen molar-refractivity contribution >= 4 is 27.8 Å². The van der Waals surface area contributed by atoms with Crippen LogP contribution in [0.1, 0.15) is 20.8 Å². The van der Waals surface area contributed by atoms with Crippen LogP contribution in [0, 0.1) is 0 Å². The smallest absolute Gasteiger partial charge is 0.396 e. The molecule has 0 aliphatic heterocycles. The molecule has 6 heteroatoms. The highest BCUT2D eigenvalue weighted by Gasteiger charge is 2.33. The normalized spacial score (nSPS) is 12.5. The zero-order valence-electron chi connectivity index (χ0n) is 12.8. The fourth-order valence-electron chi connectivity index (χ4n) is 2.13. The lowest BCUT2D eigenvalue weighted by molar-refractivity contribution is -0.144. The molecule has 2 rings (SSSR count). The number of esters is 1. The second-order valence-electron chi connectivity index (χ2n) is 5.03. The van der Waals surface area contributed by atoms with Crippen LogP contribution >= 0.6 is 0 Å². The van der Waals surface area contributed by atoms with Gasteiger partial charge in [0.1, 0.15) is 11.3 Å². The van der Waals surface area contributed by atoms with Crippen LogP contribution < -0.4 is 5.63 Å². The molecule has 1 N–H and O–H groups in total. The first-order valence-corrected chi connectivity index (χ1v) is 8.62. The second kappa shape index (κ2) is 6.87. The standard InChI is InChI=1S/C16H18O5S/c1-4-22(9-13(17)20-10(2)3)15-14(18)11-7-5-6-8-12(11)21-16(15)19/h5-8,10H,4,9H2,1-3H3/p+1. The van der Waals surface area contributed by atoms with Gasteiger partial charge in [0, 0.05) is 10.9 Å². The lowest BCUT2D eigenvalue weighted by Gasteiger charge is -2.10. The van der Waals surface area contributed by atoms with Crippen LogP contribution in [0.5, 0.6) is 5.75 Å². The number of fused-ring (bicyclic) bond motifs is 1. The summed E-state index contributed by atoms with van der Waals surface area (Å²) in [5, 5.41) is 10.9. The molecule has 1 aromatic carbocycles. The Morgan fingerprint density at radius 3 is 2.68 bits per heavy atom. The van der Waals surface area contributed by atoms with Crippen molar-refractivity contribution in [2.45, 2.75) is 31.8 Å². The molecule has 5 nitrogen and oxygen atoms in total. The largest absolute Gasteiger partial charge is 0.503 e. The molecule has 0 spiro atoms. The van der Waals surface area contributed by atoms with Crippen molar-refractivity contribution in [3.8, 4) is 5.75 Å². The average molecular weight is 323 g/mol. The van der Waals surface area contributed by atoms with Crippen molar-refractivity contribution in [2.24, 2.45) is 0 Å². The first-order chi connectivity index (χ1) is 10.4. The Labute approximate surface area is 131 Å². The Hall–Kier alpha value is -1.95. The van der Waals surface area contributed by atoms with Crippen molar-refractivity contribution in [1.29, 1.82) is 0 Å². The van der Waals surface area contributed by atoms with Crippen molar-refractivity contribution in [2.75, 3.05) is 11.5 Å². The van der Waals surface area contributed by atoms with E-state index in [2.05, 4.69) is 0 Å². The van der Waals surface area contributed by atoms with Gasteiger partial charge in [-0.25, -0.2) is 9.59 Å². The topological polar surface area (TPSA) is 76.7 Å². The highest BCUT2D eigenvalue weighted by atomic mass is 32.2. The molecule has 1 atom stereocenters. The predicted molar refractivity (Wildman–Crippen MR) is 86.4 cm³/mol. The van der Waals surface area contributed by atoms with Crippen molar-refractivity contribution in [3.63, 3.8) is 0 Å². The Bertz CT molecular complexity index is 735. The minimum atomic E-state index is -0.751. The summed E-state index contributed by atoms with van der Waals surface area (Å²) in [7, 11) is -0.751. The lowest BCUT2D eigenvalue weighted by Crippen LogP contribution is -2.26. The summed E-state index contributed by atoms with van der Waals surface area (Å²) in [6.07, 6.45) is -0.212. The van der Waals surface area contributed by atoms with E-state index >= 15 is 0 Å². The van der Waals surface area contributed by atoms with Gasteiger partial charge in [-0.3, -0.25) is 0 Å². The highest BCUT2D eigenvalue weighted by molar-refractivity contribution is 7.97. The van der Waals surface area contributed by atoms with Crippen LogP contribution in [0.4, 0.5) is 0 Å². The summed E-state index contributed by atoms with van der Waals surface area (Å²) in [5.74, 6) is 0.122. The number of carbonyl (C=O) groups is 1. The van der Waals surface area contributed by atoms with Crippen LogP contribution in [-0.4, -0.2) is 28.7 Å². The van der Waals surface area contributed by atoms with Crippen molar-refractivity contribution in [1.82, 2.24) is 0 Å². The van der Waals surface area contributed by atoms with E-state index in [1.165, 1.54) is 0 Å². The number of rotatable bonds is 5. The number of benzene rings is 1. The van der Waals surface area contributed by atoms with Crippen LogP contribution in [0.3, 0.4) is 0 Å². The summed E-state index contributed by atoms with van der Waals surface area (Å²) < 4.78 is 10.4. The third kappa shape index (κ3) is 3.44. The van der Waals surface area contributed by atoms with E-state index in [9.17, 15) is 14.7 Å². The SMILES string of the molecule is CC[S+](CC(=O)OC(C)C)c1c(O)c2ccccc2oc1=O. The Morgan fingerprint density at radius 2 is 2.05 bits per heavy atom. The summed E-state index contributed by atoms with van der Waals surface area (Å²) in [5.41, 5.74) is -0.267. The number of para-hydroxylation sites is 1. The van der Waals surface area contributed by atoms with Gasteiger partial charge in [-0.2, -0.15) is 0 Å². The third-order valence-corrected chi connectivity index (χ3v) is 5.26. The fraction of sp³-hybridized carbons (Fsp3) is 0.375. The summed E-state index contributed by atoms with van der Waals surface area (Å²) >= 11 is 0. The third-order valence-electron chi connectivity index (χ3n) is 3.04. The molecule has 0 aliphatic rings. The number of ether oxygens (including phenoxy) is 1. The second-order valence-corrected chi connectivity index (χ2v) is 7.29. The van der Waals surface area contributed by atoms with Gasteiger partial charge in [0.25, 0.3) is 4.90 Å². The summed E-state index contributed by atoms with van der Waals surface area (Å²) in [6, 6.07) is 6.78. The maximum atomic E-state index is 12.2. The van der Waals surface area contributed by atoms with Crippen LogP contribution in [-0.2, 0) is 20.4 Å². The van der Waals surface area contributed by atoms with E-state index in [0.717, 1.165) is 0 Å². The van der Waals surface area contributed by atoms with Crippen LogP contribution in [0.25, 0.3) is 11.0 Å². The van der Waals surface area contributed by atoms with E-state index in [1.54, 1.807) is 38.1 Å². The van der Waals surface area contributed by atoms with Gasteiger partial charge in [0.15, 0.2) is 5.75 Å². The van der Waals surface area contributed by atoms with Crippen LogP contribution in [0.2, 0.25) is 0 Å². The number of aromatic hydroxyl groups is 1. The monoisotopic (exact) mass is 323 g/mol. The lowest BCUT2D eigenvalue weighted by atomic mass is 10.2. The van der Waals surface area contributed by atoms with E-state index in [0.29, 0.717) is 16.7 Å². The molecule has 2 aromatic rings. The molecule has 0 fully saturated rings. The molecule has 0 amide bonds. The average Bonchev–Trinajstić information content (AvgIpc) is 2.45. The van der Waals surface area contributed by atoms with E-state index in [-0.39, 0.29) is 28.5 Å². The van der Waals surface area contributed by atoms with E-state index in [1.807, 2.05) is 6.92 Å². The van der Waals surface area contributed by atoms with Crippen molar-refractivity contribution < 1.29 is 19.1 Å². The molecular weight excluding hydrogens is 304 g/mol. The molecule has 0 saturated carbocycles. The van der Waals surface area contributed by atoms with Gasteiger partial charge in [-0.15, -0.1) is 0 Å². The van der Waals surface area contributed by atoms with Crippen LogP contribution in [0.15, 0.2) is 38.4 Å². The molecule has 1 heterocycles. The molecule has 0 bridgehead atoms. The quantitative estimate of drug-likeness (QED) is 0.519. The maximum absolute atomic E-state index is 12.2. The molecule has 0 aliphatic carbocycles. The van der Waals surface area contributed by atoms with Gasteiger partial charge in [-0.05, 0) is 32.9 Å². The first-order valence-electron chi connectivity index (χ1n) is 7.05. The van der Waals surface area contributed by atoms with E-state index in [4.69, 9.17) is 9.15 Å². The molecule has 1 unspecified atom stereocenters. The first kappa shape index (κ1) is 16.4. The Balaban J connectivity index is 2.43. The van der Waals surface area contributed by atoms with Gasteiger partial charge >= 0.3 is 11.6 Å². The zero-order chi connectivity index (χ0) is 16.3. The minimum absolute atomic E-state index is 0.0609. The molecule has 118 valence electrons. The molecule has 0 radical (unpaired) electrons. The predicted octanol–water partition coefficient (Wildman–Crippen LogP) is 2.45. The zero-order valence-corrected chi connectivity index (χ0v) is 13.6. The van der Waals surface area contributed by atoms with E-state index < -0.39 is 16.5 Å². The Morgan fingerprint density at radius 1 is 1.36 bits per heavy atom. The number of hydrogen-bond donors (Lipinski definition) is 1. The Kier molecular flexibility index (Phi) is 5.13. The van der Waals surface area contributed by atoms with Gasteiger partial charge < -0.3 is 14.3 Å². The molecule has 22 heavy (non-hydrogen) atoms. The maximum Gasteiger partial charge on any atom is 0.396 e. The summed E-state index contributed by atoms with van der Waals surface area (Å²) in [4.78, 5) is 24.2. The van der Waals surface area contributed by atoms with Gasteiger partial charge in [0.2, 0.25) is 5.75 Å². The van der Waals surface area contributed by atoms with Crippen molar-refractivity contribution in [3.05, 3.63) is 34.7 Å². The molecular formula is C16H19O5S+.